The number of carbonyl (C=O) groups excluding carboxylic acids is 2. The number of nitrogens with two attached hydrogens (primary N) is 1. The molecule has 0 saturated heterocycles. The summed E-state index contributed by atoms with van der Waals surface area (Å²) in [6.45, 7) is 0.153. The Morgan fingerprint density at radius 3 is 1.96 bits per heavy atom. The Balaban J connectivity index is 1.72. The first kappa shape index (κ1) is 16.9. The van der Waals surface area contributed by atoms with E-state index in [0.717, 1.165) is 11.1 Å². The molecule has 120 valence electrons. The van der Waals surface area contributed by atoms with Gasteiger partial charge in [0, 0.05) is 0 Å². The minimum absolute atomic E-state index is 0.0888. The third kappa shape index (κ3) is 5.65. The fraction of sp³-hybridized carbons (Fsp3) is 0.222. The van der Waals surface area contributed by atoms with Gasteiger partial charge in [0.2, 0.25) is 0 Å². The summed E-state index contributed by atoms with van der Waals surface area (Å²) in [4.78, 5) is 23.6. The van der Waals surface area contributed by atoms with Crippen LogP contribution in [0.1, 0.15) is 11.1 Å². The van der Waals surface area contributed by atoms with Crippen molar-refractivity contribution in [3.05, 3.63) is 71.8 Å². The number of carbonyl (C=O) groups is 2. The van der Waals surface area contributed by atoms with Crippen molar-refractivity contribution in [2.45, 2.75) is 19.3 Å². The number of ether oxygens (including phenoxy) is 2. The topological polar surface area (TPSA) is 78.6 Å². The summed E-state index contributed by atoms with van der Waals surface area (Å²) in [5, 5.41) is 0. The molecule has 0 fully saturated rings. The first-order valence-corrected chi connectivity index (χ1v) is 7.27. The van der Waals surface area contributed by atoms with Gasteiger partial charge in [-0.25, -0.2) is 4.79 Å². The highest BCUT2D eigenvalue weighted by atomic mass is 16.5. The van der Waals surface area contributed by atoms with Crippen LogP contribution in [0.2, 0.25) is 0 Å². The molecule has 2 rings (SSSR count). The minimum atomic E-state index is -1.32. The van der Waals surface area contributed by atoms with E-state index >= 15 is 0 Å². The van der Waals surface area contributed by atoms with E-state index in [0.29, 0.717) is 6.61 Å². The molecule has 2 aromatic carbocycles. The van der Waals surface area contributed by atoms with Gasteiger partial charge in [-0.1, -0.05) is 60.7 Å². The van der Waals surface area contributed by atoms with Gasteiger partial charge in [0.15, 0.2) is 11.8 Å². The Kier molecular flexibility index (Phi) is 6.47. The van der Waals surface area contributed by atoms with E-state index in [2.05, 4.69) is 0 Å². The Bertz CT molecular complexity index is 628. The Hall–Kier alpha value is -2.50. The summed E-state index contributed by atoms with van der Waals surface area (Å²) in [5.74, 6) is -1.25. The number of hydrogen-bond donors (Lipinski definition) is 1. The molecular weight excluding hydrogens is 294 g/mol. The smallest absolute Gasteiger partial charge is 0.331 e. The van der Waals surface area contributed by atoms with Gasteiger partial charge in [-0.05, 0) is 11.1 Å². The summed E-state index contributed by atoms with van der Waals surface area (Å²) in [7, 11) is 0. The summed E-state index contributed by atoms with van der Waals surface area (Å²) < 4.78 is 10.3. The second-order valence-electron chi connectivity index (χ2n) is 5.02. The van der Waals surface area contributed by atoms with Gasteiger partial charge in [-0.2, -0.15) is 0 Å². The monoisotopic (exact) mass is 313 g/mol. The summed E-state index contributed by atoms with van der Waals surface area (Å²) >= 11 is 0. The molecule has 1 unspecified atom stereocenters. The maximum absolute atomic E-state index is 11.8. The van der Waals surface area contributed by atoms with Crippen molar-refractivity contribution in [1.82, 2.24) is 0 Å². The average molecular weight is 313 g/mol. The largest absolute Gasteiger partial charge is 0.459 e. The van der Waals surface area contributed by atoms with Crippen molar-refractivity contribution in [1.29, 1.82) is 0 Å². The van der Waals surface area contributed by atoms with Crippen LogP contribution in [0.15, 0.2) is 60.7 Å². The summed E-state index contributed by atoms with van der Waals surface area (Å²) in [5.41, 5.74) is 7.38. The van der Waals surface area contributed by atoms with Gasteiger partial charge in [0.25, 0.3) is 0 Å². The zero-order valence-electron chi connectivity index (χ0n) is 12.7. The van der Waals surface area contributed by atoms with Gasteiger partial charge < -0.3 is 15.2 Å². The zero-order chi connectivity index (χ0) is 16.5. The molecule has 0 aliphatic carbocycles. The number of rotatable bonds is 8. The van der Waals surface area contributed by atoms with Gasteiger partial charge in [-0.3, -0.25) is 4.79 Å². The number of ketones is 1. The van der Waals surface area contributed by atoms with Crippen molar-refractivity contribution in [3.63, 3.8) is 0 Å². The third-order valence-electron chi connectivity index (χ3n) is 3.18. The maximum atomic E-state index is 11.8. The lowest BCUT2D eigenvalue weighted by Gasteiger charge is -2.11. The molecular formula is C18H19NO4. The maximum Gasteiger partial charge on any atom is 0.331 e. The van der Waals surface area contributed by atoms with Gasteiger partial charge in [-0.15, -0.1) is 0 Å². The molecule has 0 heterocycles. The summed E-state index contributed by atoms with van der Waals surface area (Å²) in [6.07, 6.45) is 0. The Labute approximate surface area is 135 Å². The molecule has 0 saturated carbocycles. The van der Waals surface area contributed by atoms with E-state index in [1.165, 1.54) is 0 Å². The second-order valence-corrected chi connectivity index (χ2v) is 5.02. The van der Waals surface area contributed by atoms with Gasteiger partial charge in [0.1, 0.15) is 13.2 Å². The van der Waals surface area contributed by atoms with Gasteiger partial charge in [0.05, 0.1) is 6.61 Å². The molecule has 0 radical (unpaired) electrons. The van der Waals surface area contributed by atoms with Crippen LogP contribution in [0.3, 0.4) is 0 Å². The number of esters is 1. The van der Waals surface area contributed by atoms with E-state index < -0.39 is 17.8 Å². The normalized spacial score (nSPS) is 11.7. The van der Waals surface area contributed by atoms with Crippen molar-refractivity contribution >= 4 is 11.8 Å². The first-order valence-electron chi connectivity index (χ1n) is 7.27. The minimum Gasteiger partial charge on any atom is -0.459 e. The van der Waals surface area contributed by atoms with E-state index in [9.17, 15) is 9.59 Å². The third-order valence-corrected chi connectivity index (χ3v) is 3.18. The van der Waals surface area contributed by atoms with E-state index in [4.69, 9.17) is 15.2 Å². The molecule has 0 aliphatic heterocycles. The predicted octanol–water partition coefficient (Wildman–Crippen LogP) is 1.84. The number of hydrogen-bond acceptors (Lipinski definition) is 5. The number of Topliss-reactive ketones (excluding diaryl/α,β-unsaturated/α-hetero) is 1. The molecule has 0 amide bonds. The molecule has 0 aliphatic rings. The highest BCUT2D eigenvalue weighted by Crippen LogP contribution is 2.03. The lowest BCUT2D eigenvalue weighted by atomic mass is 10.2. The van der Waals surface area contributed by atoms with Crippen LogP contribution >= 0.6 is 0 Å². The molecule has 0 bridgehead atoms. The molecule has 0 aromatic heterocycles. The molecule has 23 heavy (non-hydrogen) atoms. The lowest BCUT2D eigenvalue weighted by Crippen LogP contribution is -2.41. The van der Waals surface area contributed by atoms with Crippen molar-refractivity contribution < 1.29 is 19.1 Å². The van der Waals surface area contributed by atoms with E-state index in [-0.39, 0.29) is 13.2 Å². The Morgan fingerprint density at radius 2 is 1.39 bits per heavy atom. The van der Waals surface area contributed by atoms with Crippen LogP contribution in [0.25, 0.3) is 0 Å². The van der Waals surface area contributed by atoms with E-state index in [1.54, 1.807) is 0 Å². The quantitative estimate of drug-likeness (QED) is 0.594. The highest BCUT2D eigenvalue weighted by Gasteiger charge is 2.23. The summed E-state index contributed by atoms with van der Waals surface area (Å²) in [6, 6.07) is 17.3. The fourth-order valence-electron chi connectivity index (χ4n) is 1.88. The fourth-order valence-corrected chi connectivity index (χ4v) is 1.88. The van der Waals surface area contributed by atoms with Gasteiger partial charge >= 0.3 is 5.97 Å². The van der Waals surface area contributed by atoms with Crippen LogP contribution in [0.4, 0.5) is 0 Å². The molecule has 2 N–H and O–H groups in total. The first-order chi connectivity index (χ1) is 11.2. The van der Waals surface area contributed by atoms with Crippen LogP contribution < -0.4 is 5.73 Å². The predicted molar refractivity (Wildman–Crippen MR) is 85.3 cm³/mol. The Morgan fingerprint density at radius 1 is 0.870 bits per heavy atom. The SMILES string of the molecule is NC(C(=O)COCc1ccccc1)C(=O)OCc1ccccc1. The molecule has 5 heteroatoms. The van der Waals surface area contributed by atoms with Crippen LogP contribution in [-0.2, 0) is 32.3 Å². The van der Waals surface area contributed by atoms with Crippen LogP contribution in [0.5, 0.6) is 0 Å². The van der Waals surface area contributed by atoms with Crippen molar-refractivity contribution in [2.24, 2.45) is 5.73 Å². The van der Waals surface area contributed by atoms with Crippen molar-refractivity contribution in [2.75, 3.05) is 6.61 Å². The van der Waals surface area contributed by atoms with Crippen LogP contribution in [0, 0.1) is 0 Å². The number of benzene rings is 2. The van der Waals surface area contributed by atoms with Crippen molar-refractivity contribution in [3.8, 4) is 0 Å². The van der Waals surface area contributed by atoms with E-state index in [1.807, 2.05) is 60.7 Å². The molecule has 1 atom stereocenters. The molecule has 2 aromatic rings. The standard InChI is InChI=1S/C18H19NO4/c19-17(18(21)23-12-15-9-5-2-6-10-15)16(20)13-22-11-14-7-3-1-4-8-14/h1-10,17H,11-13,19H2. The molecule has 0 spiro atoms. The zero-order valence-corrected chi connectivity index (χ0v) is 12.7. The molecule has 5 nitrogen and oxygen atoms in total. The lowest BCUT2D eigenvalue weighted by molar-refractivity contribution is -0.150. The second kappa shape index (κ2) is 8.82. The highest BCUT2D eigenvalue weighted by molar-refractivity contribution is 6.03. The van der Waals surface area contributed by atoms with Crippen LogP contribution in [-0.4, -0.2) is 24.4 Å². The average Bonchev–Trinajstić information content (AvgIpc) is 2.60.